The fraction of sp³-hybridized carbons (Fsp3) is 0.458. The number of amides is 1. The summed E-state index contributed by atoms with van der Waals surface area (Å²) in [5, 5.41) is 12.7. The van der Waals surface area contributed by atoms with Crippen LogP contribution >= 0.6 is 11.6 Å². The van der Waals surface area contributed by atoms with Gasteiger partial charge in [-0.25, -0.2) is 30.3 Å². The van der Waals surface area contributed by atoms with Crippen molar-refractivity contribution in [3.05, 3.63) is 58.1 Å². The van der Waals surface area contributed by atoms with Crippen molar-refractivity contribution in [2.45, 2.75) is 48.4 Å². The maximum Gasteiger partial charge on any atom is 0.255 e. The quantitative estimate of drug-likeness (QED) is 0.463. The van der Waals surface area contributed by atoms with E-state index in [0.29, 0.717) is 12.8 Å². The molecule has 3 N–H and O–H groups in total. The van der Waals surface area contributed by atoms with Crippen LogP contribution in [0.4, 0.5) is 14.5 Å². The first-order chi connectivity index (χ1) is 17.1. The lowest BCUT2D eigenvalue weighted by Crippen LogP contribution is -2.54. The van der Waals surface area contributed by atoms with Gasteiger partial charge in [0.1, 0.15) is 0 Å². The van der Waals surface area contributed by atoms with E-state index in [2.05, 4.69) is 10.0 Å². The zero-order valence-electron chi connectivity index (χ0n) is 20.1. The van der Waals surface area contributed by atoms with Gasteiger partial charge in [0.2, 0.25) is 10.0 Å². The van der Waals surface area contributed by atoms with Crippen molar-refractivity contribution in [2.24, 2.45) is 11.8 Å². The Morgan fingerprint density at radius 2 is 1.68 bits per heavy atom. The van der Waals surface area contributed by atoms with Crippen molar-refractivity contribution in [1.29, 1.82) is 0 Å². The number of carbonyl (C=O) groups excluding carboxylic acids is 1. The molecule has 2 aliphatic rings. The molecule has 0 radical (unpaired) electrons. The summed E-state index contributed by atoms with van der Waals surface area (Å²) in [6.45, 7) is 1.30. The fourth-order valence-electron chi connectivity index (χ4n) is 5.42. The Hall–Kier alpha value is -2.12. The summed E-state index contributed by atoms with van der Waals surface area (Å²) in [7, 11) is -7.57. The van der Waals surface area contributed by atoms with Gasteiger partial charge in [-0.05, 0) is 74.3 Å². The second-order valence-corrected chi connectivity index (χ2v) is 14.3. The van der Waals surface area contributed by atoms with Gasteiger partial charge in [-0.3, -0.25) is 4.79 Å². The van der Waals surface area contributed by atoms with E-state index < -0.39 is 60.1 Å². The number of halogens is 3. The molecule has 13 heteroatoms. The van der Waals surface area contributed by atoms with E-state index >= 15 is 0 Å². The second-order valence-electron chi connectivity index (χ2n) is 9.87. The first-order valence-corrected chi connectivity index (χ1v) is 15.4. The van der Waals surface area contributed by atoms with E-state index in [1.165, 1.54) is 19.1 Å². The highest BCUT2D eigenvalue weighted by molar-refractivity contribution is 7.92. The molecule has 202 valence electrons. The highest BCUT2D eigenvalue weighted by Crippen LogP contribution is 2.52. The smallest absolute Gasteiger partial charge is 0.255 e. The van der Waals surface area contributed by atoms with Crippen LogP contribution in [0.2, 0.25) is 5.02 Å². The second kappa shape index (κ2) is 9.88. The van der Waals surface area contributed by atoms with Gasteiger partial charge in [0.15, 0.2) is 21.5 Å². The third kappa shape index (κ3) is 5.53. The van der Waals surface area contributed by atoms with Crippen LogP contribution in [0.25, 0.3) is 0 Å². The minimum atomic E-state index is -4.03. The molecule has 0 spiro atoms. The number of carbonyl (C=O) groups is 1. The number of rotatable bonds is 7. The third-order valence-corrected chi connectivity index (χ3v) is 10.8. The summed E-state index contributed by atoms with van der Waals surface area (Å²) >= 11 is 6.24. The zero-order chi connectivity index (χ0) is 27.3. The standard InChI is InChI=1S/C24H27ClF2N2O6S2/c1-13-7-19(26)20(27)11-21(13)29-23(30)14-3-6-18(25)22(8-14)37(34,35)17-9-15-4-5-16(10-17)24(15,31)12-28-36(2,32)33/h3,6-8,11,15-17,28,31H,4-5,9-10,12H2,1-2H3,(H,29,30). The van der Waals surface area contributed by atoms with Crippen molar-refractivity contribution < 1.29 is 35.5 Å². The molecule has 2 aromatic rings. The Kier molecular flexibility index (Phi) is 7.45. The van der Waals surface area contributed by atoms with E-state index in [1.807, 2.05) is 0 Å². The van der Waals surface area contributed by atoms with Gasteiger partial charge in [0.25, 0.3) is 5.91 Å². The van der Waals surface area contributed by atoms with Gasteiger partial charge < -0.3 is 10.4 Å². The normalized spacial score (nSPS) is 25.7. The van der Waals surface area contributed by atoms with E-state index in [4.69, 9.17) is 11.6 Å². The number of aryl methyl sites for hydroxylation is 1. The Labute approximate surface area is 219 Å². The van der Waals surface area contributed by atoms with Crippen molar-refractivity contribution in [3.63, 3.8) is 0 Å². The van der Waals surface area contributed by atoms with Crippen molar-refractivity contribution >= 4 is 43.1 Å². The van der Waals surface area contributed by atoms with Crippen LogP contribution in [-0.2, 0) is 19.9 Å². The predicted octanol–water partition coefficient (Wildman–Crippen LogP) is 3.42. The minimum Gasteiger partial charge on any atom is -0.388 e. The Bertz CT molecular complexity index is 1450. The minimum absolute atomic E-state index is 0.0362. The first kappa shape index (κ1) is 27.9. The van der Waals surface area contributed by atoms with Gasteiger partial charge in [-0.15, -0.1) is 0 Å². The summed E-state index contributed by atoms with van der Waals surface area (Å²) in [5.41, 5.74) is -1.07. The van der Waals surface area contributed by atoms with Crippen LogP contribution in [0.1, 0.15) is 41.6 Å². The third-order valence-electron chi connectivity index (χ3n) is 7.44. The van der Waals surface area contributed by atoms with Gasteiger partial charge in [0, 0.05) is 23.9 Å². The number of aliphatic hydroxyl groups is 1. The van der Waals surface area contributed by atoms with Crippen molar-refractivity contribution in [3.8, 4) is 0 Å². The number of hydrogen-bond acceptors (Lipinski definition) is 6. The van der Waals surface area contributed by atoms with Crippen LogP contribution in [0.5, 0.6) is 0 Å². The zero-order valence-corrected chi connectivity index (χ0v) is 22.5. The molecular formula is C24H27ClF2N2O6S2. The molecule has 2 atom stereocenters. The molecule has 2 fully saturated rings. The summed E-state index contributed by atoms with van der Waals surface area (Å²) in [4.78, 5) is 12.6. The molecule has 0 aromatic heterocycles. The Balaban J connectivity index is 1.57. The van der Waals surface area contributed by atoms with E-state index in [9.17, 15) is 35.5 Å². The molecule has 2 bridgehead atoms. The van der Waals surface area contributed by atoms with Gasteiger partial charge in [-0.2, -0.15) is 0 Å². The molecule has 0 aliphatic heterocycles. The van der Waals surface area contributed by atoms with Crippen molar-refractivity contribution in [2.75, 3.05) is 18.1 Å². The maximum absolute atomic E-state index is 13.6. The average molecular weight is 577 g/mol. The highest BCUT2D eigenvalue weighted by Gasteiger charge is 2.55. The summed E-state index contributed by atoms with van der Waals surface area (Å²) in [6.07, 6.45) is 2.33. The lowest BCUT2D eigenvalue weighted by atomic mass is 9.74. The maximum atomic E-state index is 13.6. The molecule has 1 amide bonds. The molecule has 2 saturated carbocycles. The molecule has 8 nitrogen and oxygen atoms in total. The van der Waals surface area contributed by atoms with Crippen LogP contribution in [0.15, 0.2) is 35.2 Å². The van der Waals surface area contributed by atoms with Gasteiger partial charge >= 0.3 is 0 Å². The van der Waals surface area contributed by atoms with Gasteiger partial charge in [0.05, 0.1) is 27.0 Å². The molecule has 4 rings (SSSR count). The SMILES string of the molecule is Cc1cc(F)c(F)cc1NC(=O)c1ccc(Cl)c(S(=O)(=O)C2CC3CCC(C2)C3(O)CNS(C)(=O)=O)c1. The number of sulfone groups is 1. The summed E-state index contributed by atoms with van der Waals surface area (Å²) in [6, 6.07) is 5.54. The molecule has 2 aromatic carbocycles. The van der Waals surface area contributed by atoms with Crippen LogP contribution in [0.3, 0.4) is 0 Å². The number of hydrogen-bond donors (Lipinski definition) is 3. The monoisotopic (exact) mass is 576 g/mol. The molecule has 2 aliphatic carbocycles. The fourth-order valence-corrected chi connectivity index (χ4v) is 8.31. The van der Waals surface area contributed by atoms with E-state index in [1.54, 1.807) is 0 Å². The highest BCUT2D eigenvalue weighted by atomic mass is 35.5. The molecule has 0 heterocycles. The van der Waals surface area contributed by atoms with Gasteiger partial charge in [-0.1, -0.05) is 11.6 Å². The first-order valence-electron chi connectivity index (χ1n) is 11.6. The van der Waals surface area contributed by atoms with Crippen LogP contribution < -0.4 is 10.0 Å². The van der Waals surface area contributed by atoms with Crippen LogP contribution in [0, 0.1) is 30.4 Å². The topological polar surface area (TPSA) is 130 Å². The molecular weight excluding hydrogens is 550 g/mol. The largest absolute Gasteiger partial charge is 0.388 e. The molecule has 2 unspecified atom stereocenters. The van der Waals surface area contributed by atoms with E-state index in [-0.39, 0.29) is 46.1 Å². The number of nitrogens with one attached hydrogen (secondary N) is 2. The summed E-state index contributed by atoms with van der Waals surface area (Å²) < 4.78 is 79.7. The van der Waals surface area contributed by atoms with Crippen molar-refractivity contribution in [1.82, 2.24) is 4.72 Å². The predicted molar refractivity (Wildman–Crippen MR) is 135 cm³/mol. The molecule has 0 saturated heterocycles. The average Bonchev–Trinajstić information content (AvgIpc) is 2.97. The summed E-state index contributed by atoms with van der Waals surface area (Å²) in [5.74, 6) is -3.79. The lowest BCUT2D eigenvalue weighted by Gasteiger charge is -2.42. The number of benzene rings is 2. The number of fused-ring (bicyclic) bond motifs is 2. The van der Waals surface area contributed by atoms with E-state index in [0.717, 1.165) is 24.5 Å². The number of sulfonamides is 1. The lowest BCUT2D eigenvalue weighted by molar-refractivity contribution is -0.0525. The Morgan fingerprint density at radius 1 is 1.08 bits per heavy atom. The Morgan fingerprint density at radius 3 is 2.27 bits per heavy atom. The van der Waals surface area contributed by atoms with Crippen LogP contribution in [-0.4, -0.2) is 51.5 Å². The number of anilines is 1. The molecule has 37 heavy (non-hydrogen) atoms.